The Morgan fingerprint density at radius 2 is 1.73 bits per heavy atom. The van der Waals surface area contributed by atoms with Gasteiger partial charge < -0.3 is 9.32 Å². The molecule has 0 saturated heterocycles. The van der Waals surface area contributed by atoms with Crippen LogP contribution in [0.4, 0.5) is 18.9 Å². The second kappa shape index (κ2) is 6.33. The molecule has 0 radical (unpaired) electrons. The van der Waals surface area contributed by atoms with E-state index in [2.05, 4.69) is 0 Å². The van der Waals surface area contributed by atoms with Gasteiger partial charge in [0, 0.05) is 18.1 Å². The number of benzene rings is 2. The molecule has 0 aliphatic rings. The number of halogens is 3. The number of alkyl halides is 3. The highest BCUT2D eigenvalue weighted by molar-refractivity contribution is 5.97. The standard InChI is InChI=1S/C19H14F3NO3/c1-11-7-8-13(23(2)18(25)19(20,21)22)10-14(11)15-9-12-5-3-4-6-16(12)26-17(15)24/h3-10H,1-2H3. The molecule has 0 spiro atoms. The van der Waals surface area contributed by atoms with Crippen LogP contribution in [-0.4, -0.2) is 19.1 Å². The molecule has 2 aromatic carbocycles. The van der Waals surface area contributed by atoms with Gasteiger partial charge in [-0.3, -0.25) is 4.79 Å². The molecular weight excluding hydrogens is 347 g/mol. The van der Waals surface area contributed by atoms with Crippen LogP contribution < -0.4 is 10.5 Å². The first-order valence-electron chi connectivity index (χ1n) is 7.67. The number of nitrogens with zero attached hydrogens (tertiary/aromatic N) is 1. The Kier molecular flexibility index (Phi) is 4.31. The molecule has 4 nitrogen and oxygen atoms in total. The summed E-state index contributed by atoms with van der Waals surface area (Å²) in [5.41, 5.74) is 1.14. The number of rotatable bonds is 2. The molecule has 1 amide bonds. The smallest absolute Gasteiger partial charge is 0.422 e. The number of para-hydroxylation sites is 1. The van der Waals surface area contributed by atoms with Crippen LogP contribution in [0.5, 0.6) is 0 Å². The van der Waals surface area contributed by atoms with Crippen molar-refractivity contribution in [1.29, 1.82) is 0 Å². The van der Waals surface area contributed by atoms with Crippen molar-refractivity contribution < 1.29 is 22.4 Å². The van der Waals surface area contributed by atoms with Crippen molar-refractivity contribution in [3.63, 3.8) is 0 Å². The van der Waals surface area contributed by atoms with Crippen molar-refractivity contribution in [2.24, 2.45) is 0 Å². The molecule has 134 valence electrons. The van der Waals surface area contributed by atoms with Gasteiger partial charge in [0.2, 0.25) is 0 Å². The molecule has 0 saturated carbocycles. The summed E-state index contributed by atoms with van der Waals surface area (Å²) in [6.45, 7) is 1.72. The Labute approximate surface area is 146 Å². The van der Waals surface area contributed by atoms with Crippen LogP contribution in [-0.2, 0) is 4.79 Å². The van der Waals surface area contributed by atoms with E-state index in [9.17, 15) is 22.8 Å². The van der Waals surface area contributed by atoms with E-state index in [0.717, 1.165) is 7.05 Å². The molecule has 0 bridgehead atoms. The van der Waals surface area contributed by atoms with E-state index in [1.54, 1.807) is 43.3 Å². The van der Waals surface area contributed by atoms with E-state index < -0.39 is 17.7 Å². The molecule has 26 heavy (non-hydrogen) atoms. The maximum absolute atomic E-state index is 12.7. The zero-order valence-electron chi connectivity index (χ0n) is 13.9. The van der Waals surface area contributed by atoms with Gasteiger partial charge in [-0.1, -0.05) is 24.3 Å². The average molecular weight is 361 g/mol. The predicted molar refractivity (Wildman–Crippen MR) is 92.1 cm³/mol. The molecule has 0 aliphatic carbocycles. The first-order chi connectivity index (χ1) is 12.2. The lowest BCUT2D eigenvalue weighted by atomic mass is 10.00. The van der Waals surface area contributed by atoms with Crippen molar-refractivity contribution in [2.75, 3.05) is 11.9 Å². The number of hydrogen-bond donors (Lipinski definition) is 0. The van der Waals surface area contributed by atoms with Gasteiger partial charge in [0.1, 0.15) is 5.58 Å². The third-order valence-corrected chi connectivity index (χ3v) is 4.09. The summed E-state index contributed by atoms with van der Waals surface area (Å²) in [6, 6.07) is 12.9. The van der Waals surface area contributed by atoms with Crippen LogP contribution >= 0.6 is 0 Å². The van der Waals surface area contributed by atoms with Crippen LogP contribution in [0, 0.1) is 6.92 Å². The highest BCUT2D eigenvalue weighted by Crippen LogP contribution is 2.29. The SMILES string of the molecule is Cc1ccc(N(C)C(=O)C(F)(F)F)cc1-c1cc2ccccc2oc1=O. The molecule has 1 heterocycles. The summed E-state index contributed by atoms with van der Waals surface area (Å²) in [4.78, 5) is 24.3. The van der Waals surface area contributed by atoms with E-state index >= 15 is 0 Å². The molecule has 0 atom stereocenters. The van der Waals surface area contributed by atoms with Crippen molar-refractivity contribution >= 4 is 22.6 Å². The van der Waals surface area contributed by atoms with Gasteiger partial charge in [-0.05, 0) is 42.3 Å². The van der Waals surface area contributed by atoms with Crippen LogP contribution in [0.25, 0.3) is 22.1 Å². The summed E-state index contributed by atoms with van der Waals surface area (Å²) >= 11 is 0. The number of carbonyl (C=O) groups is 1. The van der Waals surface area contributed by atoms with E-state index in [4.69, 9.17) is 4.42 Å². The molecule has 0 fully saturated rings. The topological polar surface area (TPSA) is 50.5 Å². The lowest BCUT2D eigenvalue weighted by molar-refractivity contribution is -0.170. The zero-order chi connectivity index (χ0) is 19.1. The summed E-state index contributed by atoms with van der Waals surface area (Å²) in [5.74, 6) is -1.99. The van der Waals surface area contributed by atoms with Gasteiger partial charge in [-0.25, -0.2) is 4.79 Å². The molecule has 0 aliphatic heterocycles. The number of amides is 1. The predicted octanol–water partition coefficient (Wildman–Crippen LogP) is 4.29. The van der Waals surface area contributed by atoms with E-state index in [0.29, 0.717) is 27.0 Å². The summed E-state index contributed by atoms with van der Waals surface area (Å²) in [7, 11) is 1.03. The summed E-state index contributed by atoms with van der Waals surface area (Å²) in [5, 5.41) is 0.687. The minimum absolute atomic E-state index is 0.0282. The molecule has 0 N–H and O–H groups in total. The third-order valence-electron chi connectivity index (χ3n) is 4.09. The van der Waals surface area contributed by atoms with Crippen LogP contribution in [0.15, 0.2) is 57.7 Å². The van der Waals surface area contributed by atoms with E-state index in [1.165, 1.54) is 12.1 Å². The van der Waals surface area contributed by atoms with Gasteiger partial charge in [0.25, 0.3) is 0 Å². The van der Waals surface area contributed by atoms with Gasteiger partial charge in [-0.15, -0.1) is 0 Å². The highest BCUT2D eigenvalue weighted by atomic mass is 19.4. The van der Waals surface area contributed by atoms with Crippen LogP contribution in [0.2, 0.25) is 0 Å². The Morgan fingerprint density at radius 3 is 2.42 bits per heavy atom. The fraction of sp³-hybridized carbons (Fsp3) is 0.158. The monoisotopic (exact) mass is 361 g/mol. The molecular formula is C19H14F3NO3. The quantitative estimate of drug-likeness (QED) is 0.640. The van der Waals surface area contributed by atoms with Gasteiger partial charge in [0.05, 0.1) is 5.56 Å². The minimum Gasteiger partial charge on any atom is -0.422 e. The maximum atomic E-state index is 12.7. The second-order valence-electron chi connectivity index (χ2n) is 5.85. The third kappa shape index (κ3) is 3.20. The number of hydrogen-bond acceptors (Lipinski definition) is 3. The van der Waals surface area contributed by atoms with Gasteiger partial charge in [0.15, 0.2) is 0 Å². The fourth-order valence-corrected chi connectivity index (χ4v) is 2.67. The average Bonchev–Trinajstić information content (AvgIpc) is 2.59. The molecule has 1 aromatic heterocycles. The maximum Gasteiger partial charge on any atom is 0.471 e. The van der Waals surface area contributed by atoms with Crippen LogP contribution in [0.3, 0.4) is 0 Å². The lowest BCUT2D eigenvalue weighted by Crippen LogP contribution is -2.38. The first kappa shape index (κ1) is 17.7. The second-order valence-corrected chi connectivity index (χ2v) is 5.85. The number of aryl methyl sites for hydroxylation is 1. The Hall–Kier alpha value is -3.09. The Balaban J connectivity index is 2.13. The Morgan fingerprint density at radius 1 is 1.04 bits per heavy atom. The van der Waals surface area contributed by atoms with E-state index in [-0.39, 0.29) is 11.3 Å². The van der Waals surface area contributed by atoms with Gasteiger partial charge in [-0.2, -0.15) is 13.2 Å². The van der Waals surface area contributed by atoms with Crippen molar-refractivity contribution in [1.82, 2.24) is 0 Å². The van der Waals surface area contributed by atoms with Crippen molar-refractivity contribution in [2.45, 2.75) is 13.1 Å². The number of fused-ring (bicyclic) bond motifs is 1. The van der Waals surface area contributed by atoms with E-state index in [1.807, 2.05) is 0 Å². The summed E-state index contributed by atoms with van der Waals surface area (Å²) < 4.78 is 43.3. The lowest BCUT2D eigenvalue weighted by Gasteiger charge is -2.20. The first-order valence-corrected chi connectivity index (χ1v) is 7.67. The van der Waals surface area contributed by atoms with Crippen molar-refractivity contribution in [3.8, 4) is 11.1 Å². The Bertz CT molecular complexity index is 1050. The summed E-state index contributed by atoms with van der Waals surface area (Å²) in [6.07, 6.45) is -4.98. The number of anilines is 1. The molecule has 0 unspecified atom stereocenters. The van der Waals surface area contributed by atoms with Gasteiger partial charge >= 0.3 is 17.7 Å². The molecule has 3 aromatic rings. The largest absolute Gasteiger partial charge is 0.471 e. The number of carbonyl (C=O) groups excluding carboxylic acids is 1. The fourth-order valence-electron chi connectivity index (χ4n) is 2.67. The van der Waals surface area contributed by atoms with Crippen LogP contribution in [0.1, 0.15) is 5.56 Å². The normalized spacial score (nSPS) is 11.6. The minimum atomic E-state index is -4.98. The molecule has 3 rings (SSSR count). The molecule has 7 heteroatoms. The highest BCUT2D eigenvalue weighted by Gasteiger charge is 2.41. The van der Waals surface area contributed by atoms with Crippen molar-refractivity contribution in [3.05, 3.63) is 64.5 Å². The zero-order valence-corrected chi connectivity index (χ0v) is 13.9.